The third kappa shape index (κ3) is 2.32. The first-order valence-electron chi connectivity index (χ1n) is 6.25. The Bertz CT molecular complexity index is 514. The third-order valence-corrected chi connectivity index (χ3v) is 4.72. The number of nitrogens with zero attached hydrogens (tertiary/aromatic N) is 3. The zero-order valence-electron chi connectivity index (χ0n) is 10.1. The number of thioether (sulfide) groups is 1. The van der Waals surface area contributed by atoms with E-state index in [4.69, 9.17) is 0 Å². The van der Waals surface area contributed by atoms with Crippen LogP contribution < -0.4 is 0 Å². The Kier molecular flexibility index (Phi) is 3.05. The van der Waals surface area contributed by atoms with Crippen molar-refractivity contribution in [1.82, 2.24) is 14.6 Å². The smallest absolute Gasteiger partial charge is 0.161 e. The van der Waals surface area contributed by atoms with Crippen molar-refractivity contribution < 1.29 is 0 Å². The predicted molar refractivity (Wildman–Crippen MR) is 71.5 cm³/mol. The highest BCUT2D eigenvalue weighted by Gasteiger charge is 2.17. The molecule has 0 spiro atoms. The van der Waals surface area contributed by atoms with Gasteiger partial charge in [-0.1, -0.05) is 6.42 Å². The van der Waals surface area contributed by atoms with Gasteiger partial charge < -0.3 is 0 Å². The molecule has 0 aliphatic carbocycles. The van der Waals surface area contributed by atoms with Gasteiger partial charge in [-0.2, -0.15) is 11.8 Å². The average molecular weight is 247 g/mol. The second-order valence-electron chi connectivity index (χ2n) is 4.74. The van der Waals surface area contributed by atoms with E-state index in [-0.39, 0.29) is 0 Å². The summed E-state index contributed by atoms with van der Waals surface area (Å²) in [6.07, 6.45) is 7.21. The van der Waals surface area contributed by atoms with Crippen molar-refractivity contribution in [3.63, 3.8) is 0 Å². The lowest BCUT2D eigenvalue weighted by atomic mass is 10.1. The third-order valence-electron chi connectivity index (χ3n) is 3.32. The monoisotopic (exact) mass is 247 g/mol. The maximum absolute atomic E-state index is 4.33. The fourth-order valence-corrected chi connectivity index (χ4v) is 3.66. The van der Waals surface area contributed by atoms with E-state index in [0.717, 1.165) is 23.1 Å². The van der Waals surface area contributed by atoms with Crippen molar-refractivity contribution in [2.24, 2.45) is 0 Å². The molecule has 1 aliphatic rings. The Morgan fingerprint density at radius 1 is 1.41 bits per heavy atom. The maximum Gasteiger partial charge on any atom is 0.161 e. The van der Waals surface area contributed by atoms with Crippen molar-refractivity contribution in [3.05, 3.63) is 29.7 Å². The van der Waals surface area contributed by atoms with Crippen molar-refractivity contribution in [1.29, 1.82) is 0 Å². The summed E-state index contributed by atoms with van der Waals surface area (Å²) in [5, 5.41) is 9.31. The van der Waals surface area contributed by atoms with E-state index in [2.05, 4.69) is 51.6 Å². The van der Waals surface area contributed by atoms with Crippen LogP contribution in [0.25, 0.3) is 5.65 Å². The van der Waals surface area contributed by atoms with Crippen LogP contribution in [0.4, 0.5) is 0 Å². The molecule has 3 rings (SSSR count). The van der Waals surface area contributed by atoms with Crippen LogP contribution in [-0.2, 0) is 6.42 Å². The summed E-state index contributed by atoms with van der Waals surface area (Å²) in [6.45, 7) is 2.09. The average Bonchev–Trinajstić information content (AvgIpc) is 2.73. The van der Waals surface area contributed by atoms with E-state index in [1.165, 1.54) is 30.6 Å². The molecule has 2 aromatic rings. The molecular formula is C13H17N3S. The molecule has 17 heavy (non-hydrogen) atoms. The van der Waals surface area contributed by atoms with E-state index >= 15 is 0 Å². The first-order chi connectivity index (χ1) is 8.33. The van der Waals surface area contributed by atoms with Crippen LogP contribution in [-0.4, -0.2) is 25.6 Å². The van der Waals surface area contributed by atoms with Crippen LogP contribution >= 0.6 is 11.8 Å². The number of hydrogen-bond donors (Lipinski definition) is 0. The van der Waals surface area contributed by atoms with Crippen molar-refractivity contribution in [2.75, 3.05) is 5.75 Å². The molecule has 0 amide bonds. The molecule has 1 fully saturated rings. The fourth-order valence-electron chi connectivity index (χ4n) is 2.35. The van der Waals surface area contributed by atoms with Gasteiger partial charge in [-0.15, -0.1) is 10.2 Å². The van der Waals surface area contributed by atoms with Gasteiger partial charge in [0, 0.05) is 17.9 Å². The molecule has 3 heterocycles. The molecule has 2 aromatic heterocycles. The standard InChI is InChI=1S/C13H17N3S/c1-10-5-6-16-12(8-10)14-15-13(16)9-11-4-2-3-7-17-11/h5-6,8,11H,2-4,7,9H2,1H3. The van der Waals surface area contributed by atoms with Crippen LogP contribution in [0, 0.1) is 6.92 Å². The van der Waals surface area contributed by atoms with E-state index < -0.39 is 0 Å². The normalized spacial score (nSPS) is 20.9. The zero-order chi connectivity index (χ0) is 11.7. The van der Waals surface area contributed by atoms with Crippen molar-refractivity contribution in [2.45, 2.75) is 37.9 Å². The first kappa shape index (κ1) is 11.1. The molecule has 0 bridgehead atoms. The molecule has 1 saturated heterocycles. The predicted octanol–water partition coefficient (Wildman–Crippen LogP) is 2.87. The van der Waals surface area contributed by atoms with Crippen LogP contribution in [0.5, 0.6) is 0 Å². The minimum Gasteiger partial charge on any atom is -0.286 e. The molecule has 0 N–H and O–H groups in total. The molecule has 0 aromatic carbocycles. The molecular weight excluding hydrogens is 230 g/mol. The Morgan fingerprint density at radius 3 is 3.18 bits per heavy atom. The Morgan fingerprint density at radius 2 is 2.35 bits per heavy atom. The lowest BCUT2D eigenvalue weighted by molar-refractivity contribution is 0.645. The van der Waals surface area contributed by atoms with Crippen molar-refractivity contribution >= 4 is 17.4 Å². The quantitative estimate of drug-likeness (QED) is 0.817. The van der Waals surface area contributed by atoms with Crippen LogP contribution in [0.15, 0.2) is 18.3 Å². The van der Waals surface area contributed by atoms with Gasteiger partial charge in [0.25, 0.3) is 0 Å². The second kappa shape index (κ2) is 4.69. The molecule has 1 unspecified atom stereocenters. The van der Waals surface area contributed by atoms with E-state index in [0.29, 0.717) is 0 Å². The Hall–Kier alpha value is -1.03. The Labute approximate surface area is 106 Å². The van der Waals surface area contributed by atoms with Gasteiger partial charge in [0.2, 0.25) is 0 Å². The molecule has 0 saturated carbocycles. The lowest BCUT2D eigenvalue weighted by Gasteiger charge is -2.20. The molecule has 3 nitrogen and oxygen atoms in total. The minimum absolute atomic E-state index is 0.734. The topological polar surface area (TPSA) is 30.2 Å². The van der Waals surface area contributed by atoms with E-state index in [1.54, 1.807) is 0 Å². The number of hydrogen-bond acceptors (Lipinski definition) is 3. The van der Waals surface area contributed by atoms with Gasteiger partial charge >= 0.3 is 0 Å². The van der Waals surface area contributed by atoms with Gasteiger partial charge in [0.1, 0.15) is 5.82 Å². The minimum atomic E-state index is 0.734. The number of rotatable bonds is 2. The summed E-state index contributed by atoms with van der Waals surface area (Å²) in [5.74, 6) is 2.42. The largest absolute Gasteiger partial charge is 0.286 e. The summed E-state index contributed by atoms with van der Waals surface area (Å²) < 4.78 is 2.13. The highest BCUT2D eigenvalue weighted by molar-refractivity contribution is 7.99. The first-order valence-corrected chi connectivity index (χ1v) is 7.30. The van der Waals surface area contributed by atoms with Crippen LogP contribution in [0.1, 0.15) is 30.7 Å². The molecule has 1 aliphatic heterocycles. The summed E-state index contributed by atoms with van der Waals surface area (Å²) in [5.41, 5.74) is 2.21. The number of pyridine rings is 1. The van der Waals surface area contributed by atoms with Gasteiger partial charge in [-0.3, -0.25) is 4.40 Å². The van der Waals surface area contributed by atoms with Gasteiger partial charge in [-0.05, 0) is 43.2 Å². The van der Waals surface area contributed by atoms with E-state index in [9.17, 15) is 0 Å². The van der Waals surface area contributed by atoms with Gasteiger partial charge in [0.05, 0.1) is 0 Å². The number of aryl methyl sites for hydroxylation is 1. The second-order valence-corrected chi connectivity index (χ2v) is 6.15. The number of fused-ring (bicyclic) bond motifs is 1. The molecule has 4 heteroatoms. The molecule has 0 radical (unpaired) electrons. The zero-order valence-corrected chi connectivity index (χ0v) is 10.9. The SMILES string of the molecule is Cc1ccn2c(CC3CCCCS3)nnc2c1. The molecule has 90 valence electrons. The van der Waals surface area contributed by atoms with Crippen molar-refractivity contribution in [3.8, 4) is 0 Å². The van der Waals surface area contributed by atoms with Crippen LogP contribution in [0.3, 0.4) is 0 Å². The van der Waals surface area contributed by atoms with Gasteiger partial charge in [0.15, 0.2) is 5.65 Å². The molecule has 1 atom stereocenters. The van der Waals surface area contributed by atoms with E-state index in [1.807, 2.05) is 0 Å². The maximum atomic E-state index is 4.33. The Balaban J connectivity index is 1.84. The number of aromatic nitrogens is 3. The summed E-state index contributed by atoms with van der Waals surface area (Å²) >= 11 is 2.09. The fraction of sp³-hybridized carbons (Fsp3) is 0.538. The lowest BCUT2D eigenvalue weighted by Crippen LogP contribution is -2.14. The highest BCUT2D eigenvalue weighted by atomic mass is 32.2. The summed E-state index contributed by atoms with van der Waals surface area (Å²) in [4.78, 5) is 0. The van der Waals surface area contributed by atoms with Crippen LogP contribution in [0.2, 0.25) is 0 Å². The summed E-state index contributed by atoms with van der Waals surface area (Å²) in [7, 11) is 0. The van der Waals surface area contributed by atoms with Gasteiger partial charge in [-0.25, -0.2) is 0 Å². The highest BCUT2D eigenvalue weighted by Crippen LogP contribution is 2.27. The summed E-state index contributed by atoms with van der Waals surface area (Å²) in [6, 6.07) is 4.21.